The van der Waals surface area contributed by atoms with Crippen molar-refractivity contribution in [1.29, 1.82) is 5.26 Å². The van der Waals surface area contributed by atoms with Crippen molar-refractivity contribution in [1.82, 2.24) is 0 Å². The minimum atomic E-state index is -0.794. The number of ether oxygens (including phenoxy) is 2. The Morgan fingerprint density at radius 1 is 1.29 bits per heavy atom. The molecule has 2 atom stereocenters. The molecule has 0 saturated heterocycles. The standard InChI is InChI=1S/C13H15NO3/c1-9(8-14)13(15)10-3-4-11-12(7-10)17-6-2-5-16-11/h3-4,7,9,13,15H,2,5-6H2,1H3. The lowest BCUT2D eigenvalue weighted by molar-refractivity contribution is 0.142. The van der Waals surface area contributed by atoms with Gasteiger partial charge in [0.2, 0.25) is 0 Å². The van der Waals surface area contributed by atoms with Crippen LogP contribution < -0.4 is 9.47 Å². The Morgan fingerprint density at radius 3 is 2.71 bits per heavy atom. The first-order valence-electron chi connectivity index (χ1n) is 5.69. The summed E-state index contributed by atoms with van der Waals surface area (Å²) in [7, 11) is 0. The predicted octanol–water partition coefficient (Wildman–Crippen LogP) is 2.04. The van der Waals surface area contributed by atoms with Gasteiger partial charge in [0.05, 0.1) is 31.3 Å². The van der Waals surface area contributed by atoms with Crippen molar-refractivity contribution in [3.63, 3.8) is 0 Å². The number of hydrogen-bond acceptors (Lipinski definition) is 4. The van der Waals surface area contributed by atoms with Crippen molar-refractivity contribution in [2.75, 3.05) is 13.2 Å². The summed E-state index contributed by atoms with van der Waals surface area (Å²) in [5.74, 6) is 0.895. The largest absolute Gasteiger partial charge is 0.490 e. The second kappa shape index (κ2) is 5.07. The molecule has 1 aliphatic rings. The van der Waals surface area contributed by atoms with Crippen molar-refractivity contribution in [3.05, 3.63) is 23.8 Å². The van der Waals surface area contributed by atoms with Crippen molar-refractivity contribution >= 4 is 0 Å². The SMILES string of the molecule is CC(C#N)C(O)c1ccc2c(c1)OCCCO2. The molecular weight excluding hydrogens is 218 g/mol. The molecule has 0 aromatic heterocycles. The first kappa shape index (κ1) is 11.7. The number of hydrogen-bond donors (Lipinski definition) is 1. The number of nitrogens with zero attached hydrogens (tertiary/aromatic N) is 1. The number of nitriles is 1. The van der Waals surface area contributed by atoms with E-state index in [1.54, 1.807) is 25.1 Å². The van der Waals surface area contributed by atoms with Crippen LogP contribution in [-0.4, -0.2) is 18.3 Å². The van der Waals surface area contributed by atoms with Gasteiger partial charge in [0.25, 0.3) is 0 Å². The van der Waals surface area contributed by atoms with E-state index in [0.29, 0.717) is 30.3 Å². The molecule has 0 fully saturated rings. The highest BCUT2D eigenvalue weighted by Gasteiger charge is 2.18. The average Bonchev–Trinajstić information content (AvgIpc) is 2.61. The van der Waals surface area contributed by atoms with Crippen LogP contribution in [0.25, 0.3) is 0 Å². The van der Waals surface area contributed by atoms with Gasteiger partial charge in [-0.1, -0.05) is 6.07 Å². The Kier molecular flexibility index (Phi) is 3.50. The first-order valence-corrected chi connectivity index (χ1v) is 5.69. The maximum absolute atomic E-state index is 9.94. The van der Waals surface area contributed by atoms with Gasteiger partial charge in [0.1, 0.15) is 0 Å². The van der Waals surface area contributed by atoms with E-state index in [1.165, 1.54) is 0 Å². The molecule has 0 radical (unpaired) electrons. The maximum atomic E-state index is 9.94. The zero-order valence-corrected chi connectivity index (χ0v) is 9.72. The third-order valence-electron chi connectivity index (χ3n) is 2.79. The molecule has 0 amide bonds. The Bertz CT molecular complexity index is 439. The van der Waals surface area contributed by atoms with Crippen molar-refractivity contribution in [3.8, 4) is 17.6 Å². The lowest BCUT2D eigenvalue weighted by Gasteiger charge is -2.15. The molecule has 90 valence electrons. The highest BCUT2D eigenvalue weighted by Crippen LogP contribution is 2.33. The number of rotatable bonds is 2. The molecule has 2 unspecified atom stereocenters. The zero-order chi connectivity index (χ0) is 12.3. The molecule has 4 heteroatoms. The smallest absolute Gasteiger partial charge is 0.161 e. The van der Waals surface area contributed by atoms with E-state index in [2.05, 4.69) is 0 Å². The molecule has 0 spiro atoms. The number of fused-ring (bicyclic) bond motifs is 1. The first-order chi connectivity index (χ1) is 8.22. The Morgan fingerprint density at radius 2 is 2.00 bits per heavy atom. The van der Waals surface area contributed by atoms with Crippen molar-refractivity contribution in [2.45, 2.75) is 19.4 Å². The van der Waals surface area contributed by atoms with Crippen LogP contribution in [0, 0.1) is 17.2 Å². The van der Waals surface area contributed by atoms with E-state index in [9.17, 15) is 5.11 Å². The summed E-state index contributed by atoms with van der Waals surface area (Å²) in [6.07, 6.45) is 0.0541. The summed E-state index contributed by atoms with van der Waals surface area (Å²) in [6.45, 7) is 2.94. The second-order valence-electron chi connectivity index (χ2n) is 4.12. The molecule has 0 bridgehead atoms. The molecule has 17 heavy (non-hydrogen) atoms. The monoisotopic (exact) mass is 233 g/mol. The van der Waals surface area contributed by atoms with Gasteiger partial charge in [-0.3, -0.25) is 0 Å². The van der Waals surface area contributed by atoms with E-state index >= 15 is 0 Å². The number of benzene rings is 1. The molecule has 1 aliphatic heterocycles. The third-order valence-corrected chi connectivity index (χ3v) is 2.79. The lowest BCUT2D eigenvalue weighted by Crippen LogP contribution is -2.07. The molecule has 2 rings (SSSR count). The van der Waals surface area contributed by atoms with Gasteiger partial charge in [0, 0.05) is 6.42 Å². The second-order valence-corrected chi connectivity index (χ2v) is 4.12. The zero-order valence-electron chi connectivity index (χ0n) is 9.72. The van der Waals surface area contributed by atoms with Gasteiger partial charge in [-0.25, -0.2) is 0 Å². The van der Waals surface area contributed by atoms with E-state index in [-0.39, 0.29) is 0 Å². The van der Waals surface area contributed by atoms with Gasteiger partial charge in [-0.05, 0) is 24.6 Å². The minimum Gasteiger partial charge on any atom is -0.490 e. The summed E-state index contributed by atoms with van der Waals surface area (Å²) in [6, 6.07) is 7.33. The third kappa shape index (κ3) is 2.51. The van der Waals surface area contributed by atoms with Gasteiger partial charge < -0.3 is 14.6 Å². The van der Waals surface area contributed by atoms with Crippen LogP contribution in [0.5, 0.6) is 11.5 Å². The number of aliphatic hydroxyl groups is 1. The summed E-state index contributed by atoms with van der Waals surface area (Å²) >= 11 is 0. The topological polar surface area (TPSA) is 62.5 Å². The summed E-state index contributed by atoms with van der Waals surface area (Å²) in [4.78, 5) is 0. The highest BCUT2D eigenvalue weighted by molar-refractivity contribution is 5.44. The minimum absolute atomic E-state index is 0.445. The molecule has 1 N–H and O–H groups in total. The highest BCUT2D eigenvalue weighted by atomic mass is 16.5. The average molecular weight is 233 g/mol. The molecule has 0 saturated carbocycles. The van der Waals surface area contributed by atoms with Crippen LogP contribution in [0.15, 0.2) is 18.2 Å². The fraction of sp³-hybridized carbons (Fsp3) is 0.462. The summed E-state index contributed by atoms with van der Waals surface area (Å²) in [5, 5.41) is 18.7. The fourth-order valence-corrected chi connectivity index (χ4v) is 1.72. The van der Waals surface area contributed by atoms with Gasteiger partial charge in [0.15, 0.2) is 11.5 Å². The van der Waals surface area contributed by atoms with Crippen LogP contribution >= 0.6 is 0 Å². The predicted molar refractivity (Wildman–Crippen MR) is 61.8 cm³/mol. The van der Waals surface area contributed by atoms with Crippen LogP contribution in [-0.2, 0) is 0 Å². The molecule has 1 aromatic carbocycles. The molecule has 0 aliphatic carbocycles. The molecule has 4 nitrogen and oxygen atoms in total. The van der Waals surface area contributed by atoms with Gasteiger partial charge in [-0.2, -0.15) is 5.26 Å². The number of aliphatic hydroxyl groups excluding tert-OH is 1. The Labute approximate surface area is 100 Å². The van der Waals surface area contributed by atoms with Crippen LogP contribution in [0.2, 0.25) is 0 Å². The Balaban J connectivity index is 2.26. The van der Waals surface area contributed by atoms with E-state index in [0.717, 1.165) is 6.42 Å². The summed E-state index contributed by atoms with van der Waals surface area (Å²) < 4.78 is 11.0. The van der Waals surface area contributed by atoms with Crippen molar-refractivity contribution in [2.24, 2.45) is 5.92 Å². The van der Waals surface area contributed by atoms with E-state index < -0.39 is 12.0 Å². The molecule has 1 heterocycles. The van der Waals surface area contributed by atoms with Crippen LogP contribution in [0.1, 0.15) is 25.0 Å². The fourth-order valence-electron chi connectivity index (χ4n) is 1.72. The van der Waals surface area contributed by atoms with E-state index in [1.807, 2.05) is 6.07 Å². The summed E-state index contributed by atoms with van der Waals surface area (Å²) in [5.41, 5.74) is 0.684. The normalized spacial score (nSPS) is 17.7. The van der Waals surface area contributed by atoms with Crippen LogP contribution in [0.4, 0.5) is 0 Å². The molecule has 1 aromatic rings. The molecular formula is C13H15NO3. The van der Waals surface area contributed by atoms with Crippen molar-refractivity contribution < 1.29 is 14.6 Å². The van der Waals surface area contributed by atoms with Gasteiger partial charge in [-0.15, -0.1) is 0 Å². The quantitative estimate of drug-likeness (QED) is 0.849. The van der Waals surface area contributed by atoms with Gasteiger partial charge >= 0.3 is 0 Å². The lowest BCUT2D eigenvalue weighted by atomic mass is 9.98. The van der Waals surface area contributed by atoms with E-state index in [4.69, 9.17) is 14.7 Å². The van der Waals surface area contributed by atoms with Crippen LogP contribution in [0.3, 0.4) is 0 Å². The maximum Gasteiger partial charge on any atom is 0.161 e. The Hall–Kier alpha value is -1.73.